The van der Waals surface area contributed by atoms with Crippen molar-refractivity contribution < 1.29 is 0 Å². The van der Waals surface area contributed by atoms with Crippen molar-refractivity contribution in [1.82, 2.24) is 0 Å². The van der Waals surface area contributed by atoms with Crippen LogP contribution in [0.5, 0.6) is 0 Å². The molecule has 1 rings (SSSR count). The topological polar surface area (TPSA) is 0 Å². The average molecular weight is 212 g/mol. The summed E-state index contributed by atoms with van der Waals surface area (Å²) < 4.78 is 0. The highest BCUT2D eigenvalue weighted by atomic mass is 14.0. The first-order chi connectivity index (χ1) is 7.83. The first-order valence-corrected chi connectivity index (χ1v) is 5.82. The second-order valence-corrected chi connectivity index (χ2v) is 3.87. The fourth-order valence-corrected chi connectivity index (χ4v) is 1.46. The zero-order chi connectivity index (χ0) is 11.6. The van der Waals surface area contributed by atoms with E-state index in [0.717, 1.165) is 19.3 Å². The SMILES string of the molecule is C=C(C/C=C\C)CC/C=C/c1ccccc1. The molecule has 0 aliphatic rings. The van der Waals surface area contributed by atoms with Crippen LogP contribution >= 0.6 is 0 Å². The third-order valence-corrected chi connectivity index (χ3v) is 2.42. The van der Waals surface area contributed by atoms with Crippen molar-refractivity contribution in [2.75, 3.05) is 0 Å². The van der Waals surface area contributed by atoms with Gasteiger partial charge in [0.25, 0.3) is 0 Å². The summed E-state index contributed by atoms with van der Waals surface area (Å²) in [7, 11) is 0. The van der Waals surface area contributed by atoms with Crippen LogP contribution in [-0.2, 0) is 0 Å². The molecular formula is C16H20. The van der Waals surface area contributed by atoms with Gasteiger partial charge in [-0.25, -0.2) is 0 Å². The Kier molecular flexibility index (Phi) is 6.02. The molecule has 84 valence electrons. The molecule has 0 amide bonds. The van der Waals surface area contributed by atoms with E-state index in [4.69, 9.17) is 0 Å². The van der Waals surface area contributed by atoms with E-state index in [0.29, 0.717) is 0 Å². The fraction of sp³-hybridized carbons (Fsp3) is 0.250. The molecule has 0 spiro atoms. The Morgan fingerprint density at radius 2 is 1.94 bits per heavy atom. The van der Waals surface area contributed by atoms with Crippen LogP contribution in [0.4, 0.5) is 0 Å². The molecule has 0 heterocycles. The number of hydrogen-bond donors (Lipinski definition) is 0. The summed E-state index contributed by atoms with van der Waals surface area (Å²) in [6.45, 7) is 6.10. The lowest BCUT2D eigenvalue weighted by molar-refractivity contribution is 0.948. The van der Waals surface area contributed by atoms with Crippen LogP contribution in [0.1, 0.15) is 31.7 Å². The first kappa shape index (κ1) is 12.5. The molecule has 0 N–H and O–H groups in total. The largest absolute Gasteiger partial charge is 0.0995 e. The molecule has 16 heavy (non-hydrogen) atoms. The monoisotopic (exact) mass is 212 g/mol. The van der Waals surface area contributed by atoms with Gasteiger partial charge in [-0.1, -0.05) is 66.8 Å². The van der Waals surface area contributed by atoms with Crippen molar-refractivity contribution in [3.8, 4) is 0 Å². The maximum atomic E-state index is 4.05. The molecule has 0 nitrogen and oxygen atoms in total. The van der Waals surface area contributed by atoms with Gasteiger partial charge in [-0.05, 0) is 31.7 Å². The van der Waals surface area contributed by atoms with Crippen molar-refractivity contribution in [3.63, 3.8) is 0 Å². The Balaban J connectivity index is 2.25. The lowest BCUT2D eigenvalue weighted by Gasteiger charge is -1.98. The molecule has 1 aromatic rings. The van der Waals surface area contributed by atoms with E-state index in [1.165, 1.54) is 11.1 Å². The van der Waals surface area contributed by atoms with Gasteiger partial charge in [0.1, 0.15) is 0 Å². The smallest absolute Gasteiger partial charge is 0.0142 e. The molecule has 0 aliphatic heterocycles. The van der Waals surface area contributed by atoms with Crippen molar-refractivity contribution in [3.05, 3.63) is 66.3 Å². The zero-order valence-corrected chi connectivity index (χ0v) is 10.0. The number of hydrogen-bond acceptors (Lipinski definition) is 0. The lowest BCUT2D eigenvalue weighted by atomic mass is 10.1. The minimum Gasteiger partial charge on any atom is -0.0995 e. The summed E-state index contributed by atoms with van der Waals surface area (Å²) in [6, 6.07) is 10.4. The van der Waals surface area contributed by atoms with Gasteiger partial charge in [-0.15, -0.1) is 0 Å². The third kappa shape index (κ3) is 5.35. The van der Waals surface area contributed by atoms with Gasteiger partial charge >= 0.3 is 0 Å². The molecule has 0 atom stereocenters. The number of rotatable bonds is 6. The first-order valence-electron chi connectivity index (χ1n) is 5.82. The summed E-state index contributed by atoms with van der Waals surface area (Å²) >= 11 is 0. The van der Waals surface area contributed by atoms with E-state index in [9.17, 15) is 0 Å². The molecule has 0 unspecified atom stereocenters. The standard InChI is InChI=1S/C16H20/c1-3-4-10-15(2)11-8-9-14-16-12-6-5-7-13-16/h3-7,9,12-14H,2,8,10-11H2,1H3/b4-3-,14-9+. The van der Waals surface area contributed by atoms with Crippen LogP contribution in [0.2, 0.25) is 0 Å². The minimum absolute atomic E-state index is 1.01. The summed E-state index contributed by atoms with van der Waals surface area (Å²) in [4.78, 5) is 0. The molecule has 0 radical (unpaired) electrons. The van der Waals surface area contributed by atoms with E-state index >= 15 is 0 Å². The lowest BCUT2D eigenvalue weighted by Crippen LogP contribution is -1.78. The molecule has 0 fully saturated rings. The van der Waals surface area contributed by atoms with E-state index in [1.54, 1.807) is 0 Å². The van der Waals surface area contributed by atoms with Gasteiger partial charge < -0.3 is 0 Å². The predicted octanol–water partition coefficient (Wildman–Crippen LogP) is 5.00. The third-order valence-electron chi connectivity index (χ3n) is 2.42. The van der Waals surface area contributed by atoms with Gasteiger partial charge in [-0.3, -0.25) is 0 Å². The number of allylic oxidation sites excluding steroid dienone is 4. The van der Waals surface area contributed by atoms with Crippen molar-refractivity contribution in [2.45, 2.75) is 26.2 Å². The molecule has 1 aromatic carbocycles. The molecule has 0 bridgehead atoms. The van der Waals surface area contributed by atoms with Crippen LogP contribution in [-0.4, -0.2) is 0 Å². The van der Waals surface area contributed by atoms with Crippen LogP contribution in [0.3, 0.4) is 0 Å². The highest BCUT2D eigenvalue weighted by Crippen LogP contribution is 2.10. The molecular weight excluding hydrogens is 192 g/mol. The van der Waals surface area contributed by atoms with Gasteiger partial charge in [0.05, 0.1) is 0 Å². The Labute approximate surface area is 99.0 Å². The highest BCUT2D eigenvalue weighted by Gasteiger charge is 1.89. The van der Waals surface area contributed by atoms with Crippen LogP contribution < -0.4 is 0 Å². The van der Waals surface area contributed by atoms with Crippen LogP contribution in [0, 0.1) is 0 Å². The minimum atomic E-state index is 1.01. The maximum Gasteiger partial charge on any atom is -0.0142 e. The van der Waals surface area contributed by atoms with Crippen LogP contribution in [0.25, 0.3) is 6.08 Å². The summed E-state index contributed by atoms with van der Waals surface area (Å²) in [5, 5.41) is 0. The molecule has 0 saturated carbocycles. The van der Waals surface area contributed by atoms with E-state index in [2.05, 4.69) is 55.1 Å². The Morgan fingerprint density at radius 1 is 1.19 bits per heavy atom. The summed E-state index contributed by atoms with van der Waals surface area (Å²) in [5.74, 6) is 0. The highest BCUT2D eigenvalue weighted by molar-refractivity contribution is 5.48. The average Bonchev–Trinajstić information content (AvgIpc) is 2.33. The number of benzene rings is 1. The molecule has 0 saturated heterocycles. The van der Waals surface area contributed by atoms with Gasteiger partial charge in [0.2, 0.25) is 0 Å². The Hall–Kier alpha value is -1.56. The van der Waals surface area contributed by atoms with Crippen molar-refractivity contribution in [1.29, 1.82) is 0 Å². The fourth-order valence-electron chi connectivity index (χ4n) is 1.46. The van der Waals surface area contributed by atoms with E-state index in [1.807, 2.05) is 13.0 Å². The van der Waals surface area contributed by atoms with Gasteiger partial charge in [-0.2, -0.15) is 0 Å². The summed E-state index contributed by atoms with van der Waals surface area (Å²) in [6.07, 6.45) is 11.8. The second-order valence-electron chi connectivity index (χ2n) is 3.87. The quantitative estimate of drug-likeness (QED) is 0.582. The second kappa shape index (κ2) is 7.70. The maximum absolute atomic E-state index is 4.05. The molecule has 0 aromatic heterocycles. The normalized spacial score (nSPS) is 11.3. The molecule has 0 aliphatic carbocycles. The van der Waals surface area contributed by atoms with Crippen molar-refractivity contribution in [2.24, 2.45) is 0 Å². The Bertz CT molecular complexity index is 355. The van der Waals surface area contributed by atoms with E-state index in [-0.39, 0.29) is 0 Å². The van der Waals surface area contributed by atoms with E-state index < -0.39 is 0 Å². The molecule has 0 heteroatoms. The van der Waals surface area contributed by atoms with Crippen LogP contribution in [0.15, 0.2) is 60.7 Å². The van der Waals surface area contributed by atoms with Gasteiger partial charge in [0, 0.05) is 0 Å². The van der Waals surface area contributed by atoms with Gasteiger partial charge in [0.15, 0.2) is 0 Å². The van der Waals surface area contributed by atoms with Crippen molar-refractivity contribution >= 4 is 6.08 Å². The zero-order valence-electron chi connectivity index (χ0n) is 10.0. The summed E-state index contributed by atoms with van der Waals surface area (Å²) in [5.41, 5.74) is 2.57. The Morgan fingerprint density at radius 3 is 2.62 bits per heavy atom. The predicted molar refractivity (Wildman–Crippen MR) is 73.3 cm³/mol.